The van der Waals surface area contributed by atoms with Crippen molar-refractivity contribution in [3.05, 3.63) is 70.0 Å². The maximum absolute atomic E-state index is 11.3. The molecule has 1 aromatic heterocycles. The van der Waals surface area contributed by atoms with Gasteiger partial charge in [0.2, 0.25) is 11.4 Å². The van der Waals surface area contributed by atoms with Crippen LogP contribution in [0.5, 0.6) is 5.75 Å². The number of benzene rings is 3. The Morgan fingerprint density at radius 2 is 1.71 bits per heavy atom. The molecule has 1 N–H and O–H groups in total. The summed E-state index contributed by atoms with van der Waals surface area (Å²) in [5, 5.41) is 2.81. The molecule has 5 rings (SSSR count). The summed E-state index contributed by atoms with van der Waals surface area (Å²) in [6.07, 6.45) is 2.16. The van der Waals surface area contributed by atoms with Gasteiger partial charge in [-0.25, -0.2) is 8.42 Å². The molecule has 3 aromatic carbocycles. The van der Waals surface area contributed by atoms with Crippen molar-refractivity contribution in [1.82, 2.24) is 4.90 Å². The summed E-state index contributed by atoms with van der Waals surface area (Å²) in [4.78, 5) is 4.22. The second kappa shape index (κ2) is 15.3. The number of hydrogen-bond acceptors (Lipinski definition) is 9. The normalized spacial score (nSPS) is 14.2. The van der Waals surface area contributed by atoms with Gasteiger partial charge in [-0.1, -0.05) is 72.3 Å². The predicted molar refractivity (Wildman–Crippen MR) is 183 cm³/mol. The van der Waals surface area contributed by atoms with Crippen LogP contribution in [0.2, 0.25) is 0 Å². The van der Waals surface area contributed by atoms with Gasteiger partial charge in [0.15, 0.2) is 12.3 Å². The molecule has 0 fully saturated rings. The van der Waals surface area contributed by atoms with Crippen molar-refractivity contribution < 1.29 is 35.2 Å². The first-order chi connectivity index (χ1) is 21.3. The van der Waals surface area contributed by atoms with Gasteiger partial charge < -0.3 is 19.1 Å². The third-order valence-corrected chi connectivity index (χ3v) is 10.6. The number of anilines is 1. The summed E-state index contributed by atoms with van der Waals surface area (Å²) in [5.74, 6) is 0.200. The number of rotatable bonds is 12. The van der Waals surface area contributed by atoms with Crippen molar-refractivity contribution in [1.29, 1.82) is 0 Å². The van der Waals surface area contributed by atoms with Gasteiger partial charge in [-0.3, -0.25) is 4.55 Å². The second-order valence-corrected chi connectivity index (χ2v) is 15.5. The highest BCUT2D eigenvalue weighted by Gasteiger charge is 2.30. The molecule has 10 nitrogen and oxygen atoms in total. The molecule has 4 aromatic rings. The standard InChI is InChI=1S/C25H23BrN2O7S3.C6H15N/c26-18-8-9-21-20(15-18)27(11-3-13-37(29,30)31)23(35-21)16-24-28(12-4-14-38(32,33)34)25-19-6-2-1-5-17(19)7-10-22(25)36-24;1-4-7(5-2)6-3/h1-2,5-10,15-16H,3-4,11-14H2,(H-,29,30,31,32,33,34);4-6H2,1-3H3. The molecule has 45 heavy (non-hydrogen) atoms. The monoisotopic (exact) mass is 739 g/mol. The smallest absolute Gasteiger partial charge is 0.268 e. The zero-order valence-electron chi connectivity index (χ0n) is 25.5. The largest absolute Gasteiger partial charge is 0.748 e. The van der Waals surface area contributed by atoms with Gasteiger partial charge in [-0.2, -0.15) is 13.0 Å². The third-order valence-electron chi connectivity index (χ3n) is 7.46. The lowest BCUT2D eigenvalue weighted by Gasteiger charge is -2.17. The molecule has 0 unspecified atom stereocenters. The quantitative estimate of drug-likeness (QED) is 0.140. The van der Waals surface area contributed by atoms with E-state index >= 15 is 0 Å². The molecule has 2 heterocycles. The van der Waals surface area contributed by atoms with E-state index in [4.69, 9.17) is 4.74 Å². The topological polar surface area (TPSA) is 131 Å². The molecule has 0 saturated heterocycles. The maximum Gasteiger partial charge on any atom is 0.268 e. The van der Waals surface area contributed by atoms with Crippen LogP contribution in [-0.2, 0) is 26.8 Å². The van der Waals surface area contributed by atoms with Crippen molar-refractivity contribution >= 4 is 80.3 Å². The van der Waals surface area contributed by atoms with E-state index in [2.05, 4.69) is 41.6 Å². The van der Waals surface area contributed by atoms with Crippen molar-refractivity contribution in [2.75, 3.05) is 42.6 Å². The summed E-state index contributed by atoms with van der Waals surface area (Å²) < 4.78 is 75.7. The van der Waals surface area contributed by atoms with E-state index in [-0.39, 0.29) is 19.4 Å². The van der Waals surface area contributed by atoms with Crippen LogP contribution in [0.1, 0.15) is 38.6 Å². The van der Waals surface area contributed by atoms with Crippen molar-refractivity contribution in [3.63, 3.8) is 0 Å². The first-order valence-electron chi connectivity index (χ1n) is 14.7. The first kappa shape index (κ1) is 35.3. The first-order valence-corrected chi connectivity index (χ1v) is 19.5. The van der Waals surface area contributed by atoms with Crippen LogP contribution in [0.4, 0.5) is 5.69 Å². The number of nitrogens with zero attached hydrogens (tertiary/aromatic N) is 3. The number of halogens is 1. The fourth-order valence-electron chi connectivity index (χ4n) is 5.20. The lowest BCUT2D eigenvalue weighted by molar-refractivity contribution is -0.667. The van der Waals surface area contributed by atoms with Gasteiger partial charge in [0, 0.05) is 23.2 Å². The molecular weight excluding hydrogens is 702 g/mol. The maximum atomic E-state index is 11.3. The minimum absolute atomic E-state index is 0.147. The number of aryl methyl sites for hydroxylation is 1. The fraction of sp³-hybridized carbons (Fsp3) is 0.387. The van der Waals surface area contributed by atoms with E-state index in [1.165, 1.54) is 31.0 Å². The molecule has 14 heteroatoms. The molecule has 1 aliphatic heterocycles. The van der Waals surface area contributed by atoms with E-state index in [0.717, 1.165) is 36.2 Å². The number of aromatic nitrogens is 1. The van der Waals surface area contributed by atoms with Crippen LogP contribution >= 0.6 is 27.3 Å². The Morgan fingerprint density at radius 3 is 2.36 bits per heavy atom. The Bertz CT molecular complexity index is 1880. The molecule has 0 saturated carbocycles. The Labute approximate surface area is 277 Å². The fourth-order valence-corrected chi connectivity index (χ4v) is 7.65. The summed E-state index contributed by atoms with van der Waals surface area (Å²) in [7, 11) is -8.48. The van der Waals surface area contributed by atoms with Gasteiger partial charge >= 0.3 is 0 Å². The molecule has 0 amide bonds. The predicted octanol–water partition coefficient (Wildman–Crippen LogP) is 5.86. The SMILES string of the molecule is CCN(CC)CC.O=S(=O)([O-])CCC[n+]1c(C=C2Oc3ccc(Br)cc3N2CCCS(=O)(=O)O)sc2ccc3ccccc3c21. The van der Waals surface area contributed by atoms with Crippen molar-refractivity contribution in [3.8, 4) is 5.75 Å². The summed E-state index contributed by atoms with van der Waals surface area (Å²) in [6, 6.07) is 17.4. The van der Waals surface area contributed by atoms with Crippen LogP contribution in [-0.4, -0.2) is 68.5 Å². The average molecular weight is 741 g/mol. The zero-order chi connectivity index (χ0) is 32.8. The number of ether oxygens (including phenoxy) is 1. The van der Waals surface area contributed by atoms with Crippen LogP contribution in [0, 0.1) is 0 Å². The van der Waals surface area contributed by atoms with Gasteiger partial charge in [0.25, 0.3) is 15.1 Å². The van der Waals surface area contributed by atoms with E-state index in [9.17, 15) is 25.9 Å². The van der Waals surface area contributed by atoms with Gasteiger partial charge in [0.05, 0.1) is 33.0 Å². The Balaban J connectivity index is 0.000000591. The van der Waals surface area contributed by atoms with Crippen LogP contribution in [0.25, 0.3) is 27.1 Å². The summed E-state index contributed by atoms with van der Waals surface area (Å²) >= 11 is 4.97. The van der Waals surface area contributed by atoms with Crippen molar-refractivity contribution in [2.24, 2.45) is 0 Å². The van der Waals surface area contributed by atoms with E-state index < -0.39 is 31.7 Å². The lowest BCUT2D eigenvalue weighted by atomic mass is 10.1. The minimum atomic E-state index is -4.36. The molecule has 1 aliphatic rings. The lowest BCUT2D eigenvalue weighted by Crippen LogP contribution is -2.36. The summed E-state index contributed by atoms with van der Waals surface area (Å²) in [6.45, 7) is 10.7. The highest BCUT2D eigenvalue weighted by atomic mass is 79.9. The van der Waals surface area contributed by atoms with Gasteiger partial charge in [0.1, 0.15) is 4.70 Å². The average Bonchev–Trinajstić information content (AvgIpc) is 3.50. The van der Waals surface area contributed by atoms with E-state index in [1.807, 2.05) is 70.1 Å². The molecule has 0 radical (unpaired) electrons. The zero-order valence-corrected chi connectivity index (χ0v) is 29.5. The van der Waals surface area contributed by atoms with E-state index in [1.54, 1.807) is 0 Å². The van der Waals surface area contributed by atoms with Crippen LogP contribution in [0.15, 0.2) is 65.0 Å². The molecule has 244 valence electrons. The second-order valence-electron chi connectivity index (χ2n) is 10.4. The molecule has 0 atom stereocenters. The molecule has 0 aliphatic carbocycles. The summed E-state index contributed by atoms with van der Waals surface area (Å²) in [5.41, 5.74) is 1.68. The van der Waals surface area contributed by atoms with Gasteiger partial charge in [-0.05, 0) is 61.8 Å². The van der Waals surface area contributed by atoms with Gasteiger partial charge in [-0.15, -0.1) is 0 Å². The third kappa shape index (κ3) is 9.47. The number of thiazole rings is 1. The number of hydrogen-bond donors (Lipinski definition) is 1. The Morgan fingerprint density at radius 1 is 1.00 bits per heavy atom. The molecule has 0 bridgehead atoms. The number of fused-ring (bicyclic) bond motifs is 4. The Hall–Kier alpha value is -2.59. The highest BCUT2D eigenvalue weighted by Crippen LogP contribution is 2.42. The van der Waals surface area contributed by atoms with Crippen LogP contribution in [0.3, 0.4) is 0 Å². The minimum Gasteiger partial charge on any atom is -0.748 e. The Kier molecular flexibility index (Phi) is 12.0. The van der Waals surface area contributed by atoms with E-state index in [0.29, 0.717) is 18.2 Å². The highest BCUT2D eigenvalue weighted by molar-refractivity contribution is 9.10. The molecule has 0 spiro atoms. The van der Waals surface area contributed by atoms with Crippen molar-refractivity contribution in [2.45, 2.75) is 40.2 Å². The molecular formula is C31H38BrN3O7S3. The van der Waals surface area contributed by atoms with Crippen LogP contribution < -0.4 is 14.2 Å².